The lowest BCUT2D eigenvalue weighted by Crippen LogP contribution is -2.51. The van der Waals surface area contributed by atoms with E-state index >= 15 is 4.39 Å². The van der Waals surface area contributed by atoms with Gasteiger partial charge in [0.25, 0.3) is 5.91 Å². The fourth-order valence-electron chi connectivity index (χ4n) is 5.03. The smallest absolute Gasteiger partial charge is 0.283 e. The summed E-state index contributed by atoms with van der Waals surface area (Å²) in [6, 6.07) is 9.86. The van der Waals surface area contributed by atoms with Crippen molar-refractivity contribution in [3.63, 3.8) is 0 Å². The number of carbonyl (C=O) groups is 1. The van der Waals surface area contributed by atoms with E-state index in [1.807, 2.05) is 30.2 Å². The number of guanidine groups is 1. The van der Waals surface area contributed by atoms with Crippen molar-refractivity contribution in [3.05, 3.63) is 83.7 Å². The lowest BCUT2D eigenvalue weighted by Gasteiger charge is -2.34. The van der Waals surface area contributed by atoms with Gasteiger partial charge in [0, 0.05) is 36.1 Å². The van der Waals surface area contributed by atoms with Crippen LogP contribution in [0.1, 0.15) is 36.8 Å². The molecule has 1 aromatic carbocycles. The first-order valence-corrected chi connectivity index (χ1v) is 12.5. The number of rotatable bonds is 5. The number of benzene rings is 1. The molecule has 4 aromatic rings. The number of anilines is 1. The number of amides is 1. The van der Waals surface area contributed by atoms with Gasteiger partial charge >= 0.3 is 0 Å². The Hall–Kier alpha value is -4.54. The van der Waals surface area contributed by atoms with E-state index in [-0.39, 0.29) is 35.2 Å². The number of aromatic nitrogens is 4. The van der Waals surface area contributed by atoms with Crippen LogP contribution in [-0.2, 0) is 6.54 Å². The Morgan fingerprint density at radius 1 is 0.974 bits per heavy atom. The average molecular weight is 532 g/mol. The highest BCUT2D eigenvalue weighted by molar-refractivity contribution is 6.18. The van der Waals surface area contributed by atoms with Gasteiger partial charge in [0.2, 0.25) is 11.9 Å². The monoisotopic (exact) mass is 531 g/mol. The van der Waals surface area contributed by atoms with Crippen LogP contribution in [-0.4, -0.2) is 54.9 Å². The van der Waals surface area contributed by atoms with Crippen molar-refractivity contribution in [2.45, 2.75) is 32.9 Å². The molecule has 6 rings (SSSR count). The van der Waals surface area contributed by atoms with Crippen LogP contribution in [0, 0.1) is 17.6 Å². The molecule has 0 fully saturated rings. The molecule has 5 heterocycles. The van der Waals surface area contributed by atoms with Crippen molar-refractivity contribution in [3.8, 4) is 22.6 Å². The largest absolute Gasteiger partial charge is 0.305 e. The third-order valence-corrected chi connectivity index (χ3v) is 6.74. The van der Waals surface area contributed by atoms with E-state index in [9.17, 15) is 13.6 Å². The number of nitrogens with zero attached hydrogens (tertiary/aromatic N) is 7. The maximum absolute atomic E-state index is 15.4. The van der Waals surface area contributed by atoms with Crippen molar-refractivity contribution in [2.75, 3.05) is 18.0 Å². The molecular weight excluding hydrogens is 507 g/mol. The minimum atomic E-state index is -0.745. The Morgan fingerprint density at radius 3 is 2.44 bits per heavy atom. The molecule has 0 spiro atoms. The molecule has 39 heavy (non-hydrogen) atoms. The fourth-order valence-corrected chi connectivity index (χ4v) is 5.03. The summed E-state index contributed by atoms with van der Waals surface area (Å²) >= 11 is 0. The summed E-state index contributed by atoms with van der Waals surface area (Å²) in [5.41, 5.74) is 1.06. The Morgan fingerprint density at radius 2 is 1.74 bits per heavy atom. The van der Waals surface area contributed by atoms with Gasteiger partial charge in [0.05, 0.1) is 18.6 Å². The molecule has 2 aliphatic rings. The van der Waals surface area contributed by atoms with Crippen molar-refractivity contribution in [2.24, 2.45) is 4.99 Å². The highest BCUT2D eigenvalue weighted by Gasteiger charge is 2.45. The van der Waals surface area contributed by atoms with Gasteiger partial charge in [-0.25, -0.2) is 23.7 Å². The number of fused-ring (bicyclic) bond motifs is 3. The van der Waals surface area contributed by atoms with E-state index in [0.717, 1.165) is 11.6 Å². The van der Waals surface area contributed by atoms with E-state index in [1.54, 1.807) is 17.0 Å². The molecule has 0 atom stereocenters. The van der Waals surface area contributed by atoms with Crippen LogP contribution in [0.2, 0.25) is 0 Å². The van der Waals surface area contributed by atoms with Crippen LogP contribution in [0.5, 0.6) is 0 Å². The minimum Gasteiger partial charge on any atom is -0.305 e. The molecule has 0 N–H and O–H groups in total. The molecule has 11 heteroatoms. The summed E-state index contributed by atoms with van der Waals surface area (Å²) in [5, 5.41) is 0. The van der Waals surface area contributed by atoms with Crippen LogP contribution in [0.15, 0.2) is 59.9 Å². The van der Waals surface area contributed by atoms with Crippen molar-refractivity contribution in [1.82, 2.24) is 24.4 Å². The number of carbonyl (C=O) groups excluding carboxylic acids is 1. The van der Waals surface area contributed by atoms with Gasteiger partial charge in [-0.1, -0.05) is 12.1 Å². The summed E-state index contributed by atoms with van der Waals surface area (Å²) in [6.45, 7) is 6.98. The average Bonchev–Trinajstić information content (AvgIpc) is 3.42. The zero-order valence-corrected chi connectivity index (χ0v) is 21.5. The van der Waals surface area contributed by atoms with Gasteiger partial charge in [-0.3, -0.25) is 19.6 Å². The van der Waals surface area contributed by atoms with Crippen LogP contribution < -0.4 is 4.90 Å². The zero-order chi connectivity index (χ0) is 27.5. The number of halogens is 3. The second-order valence-corrected chi connectivity index (χ2v) is 10.1. The number of pyridine rings is 2. The Labute approximate surface area is 222 Å². The van der Waals surface area contributed by atoms with E-state index < -0.39 is 17.3 Å². The predicted molar refractivity (Wildman–Crippen MR) is 140 cm³/mol. The quantitative estimate of drug-likeness (QED) is 0.342. The Bertz CT molecular complexity index is 1650. The van der Waals surface area contributed by atoms with Crippen LogP contribution in [0.25, 0.3) is 22.6 Å². The molecule has 2 aliphatic heterocycles. The van der Waals surface area contributed by atoms with E-state index in [4.69, 9.17) is 9.98 Å². The molecule has 1 amide bonds. The highest BCUT2D eigenvalue weighted by atomic mass is 19.1. The van der Waals surface area contributed by atoms with E-state index in [2.05, 4.69) is 9.97 Å². The molecule has 198 valence electrons. The molecular formula is C28H24F3N7O. The summed E-state index contributed by atoms with van der Waals surface area (Å²) in [6.07, 6.45) is 2.68. The molecule has 3 aromatic heterocycles. The molecule has 0 saturated carbocycles. The number of imidazole rings is 1. The van der Waals surface area contributed by atoms with Gasteiger partial charge in [-0.2, -0.15) is 4.39 Å². The first-order valence-electron chi connectivity index (χ1n) is 12.5. The molecule has 0 aliphatic carbocycles. The van der Waals surface area contributed by atoms with Crippen LogP contribution in [0.4, 0.5) is 19.0 Å². The third kappa shape index (κ3) is 4.23. The maximum atomic E-state index is 15.4. The summed E-state index contributed by atoms with van der Waals surface area (Å²) in [7, 11) is 0. The minimum absolute atomic E-state index is 0.0367. The molecule has 0 unspecified atom stereocenters. The SMILES string of the molecule is CCN1C(=O)c2nc(-c3cnc(-c4ccnc(F)c4)c(F)c3)n(Cc3ccc(F)cc3)c2N2CC(C)(C)N=C12. The maximum Gasteiger partial charge on any atom is 0.283 e. The van der Waals surface area contributed by atoms with Gasteiger partial charge < -0.3 is 4.57 Å². The van der Waals surface area contributed by atoms with E-state index in [0.29, 0.717) is 36.3 Å². The van der Waals surface area contributed by atoms with E-state index in [1.165, 1.54) is 36.7 Å². The highest BCUT2D eigenvalue weighted by Crippen LogP contribution is 2.39. The van der Waals surface area contributed by atoms with Gasteiger partial charge in [0.1, 0.15) is 29.0 Å². The lowest BCUT2D eigenvalue weighted by molar-refractivity contribution is 0.0841. The van der Waals surface area contributed by atoms with Gasteiger partial charge in [0.15, 0.2) is 5.69 Å². The molecule has 0 saturated heterocycles. The number of hydrogen-bond acceptors (Lipinski definition) is 6. The molecule has 0 bridgehead atoms. The second kappa shape index (κ2) is 9.04. The standard InChI is InChI=1S/C28H24F3N7O/c1-4-36-26(39)23-25(38-15-28(2,3)35-27(36)38)37(14-16-5-7-19(29)8-6-16)24(34-23)18-11-20(30)22(33-13-18)17-9-10-32-21(31)12-17/h5-13H,4,14-15H2,1-3H3. The van der Waals surface area contributed by atoms with Crippen LogP contribution >= 0.6 is 0 Å². The van der Waals surface area contributed by atoms with Gasteiger partial charge in [-0.15, -0.1) is 0 Å². The fraction of sp³-hybridized carbons (Fsp3) is 0.250. The first-order chi connectivity index (χ1) is 18.6. The topological polar surface area (TPSA) is 79.5 Å². The summed E-state index contributed by atoms with van der Waals surface area (Å²) < 4.78 is 44.5. The number of aliphatic imine (C=N–C) groups is 1. The van der Waals surface area contributed by atoms with Gasteiger partial charge in [-0.05, 0) is 50.6 Å². The normalized spacial score (nSPS) is 15.8. The third-order valence-electron chi connectivity index (χ3n) is 6.74. The summed E-state index contributed by atoms with van der Waals surface area (Å²) in [5.74, 6) is -0.718. The first kappa shape index (κ1) is 24.8. The van der Waals surface area contributed by atoms with Crippen LogP contribution in [0.3, 0.4) is 0 Å². The zero-order valence-electron chi connectivity index (χ0n) is 21.5. The van der Waals surface area contributed by atoms with Crippen molar-refractivity contribution < 1.29 is 18.0 Å². The Balaban J connectivity index is 1.53. The lowest BCUT2D eigenvalue weighted by atomic mass is 10.1. The van der Waals surface area contributed by atoms with Crippen molar-refractivity contribution >= 4 is 17.7 Å². The Kier molecular flexibility index (Phi) is 5.74. The molecule has 8 nitrogen and oxygen atoms in total. The predicted octanol–water partition coefficient (Wildman–Crippen LogP) is 4.90. The van der Waals surface area contributed by atoms with Crippen molar-refractivity contribution in [1.29, 1.82) is 0 Å². The number of hydrogen-bond donors (Lipinski definition) is 0. The second-order valence-electron chi connectivity index (χ2n) is 10.1. The summed E-state index contributed by atoms with van der Waals surface area (Å²) in [4.78, 5) is 34.4. The molecule has 0 radical (unpaired) electrons.